The number of hydrogen-bond donors (Lipinski definition) is 2. The van der Waals surface area contributed by atoms with E-state index in [9.17, 15) is 19.5 Å². The van der Waals surface area contributed by atoms with Crippen LogP contribution in [0.25, 0.3) is 10.9 Å². The summed E-state index contributed by atoms with van der Waals surface area (Å²) >= 11 is 0. The molecule has 138 valence electrons. The van der Waals surface area contributed by atoms with Crippen LogP contribution in [0.4, 0.5) is 0 Å². The Morgan fingerprint density at radius 2 is 1.81 bits per heavy atom. The number of pyridine rings is 1. The van der Waals surface area contributed by atoms with Crippen LogP contribution in [0.1, 0.15) is 38.5 Å². The van der Waals surface area contributed by atoms with E-state index in [1.807, 2.05) is 6.07 Å². The summed E-state index contributed by atoms with van der Waals surface area (Å²) in [6.07, 6.45) is 6.83. The Morgan fingerprint density at radius 3 is 2.58 bits per heavy atom. The topological polar surface area (TPSA) is 88.4 Å². The van der Waals surface area contributed by atoms with Crippen LogP contribution in [0, 0.1) is 5.92 Å². The molecule has 6 heteroatoms. The molecule has 1 heterocycles. The maximum Gasteiger partial charge on any atom is 0.308 e. The van der Waals surface area contributed by atoms with Crippen molar-refractivity contribution in [2.75, 3.05) is 0 Å². The number of amides is 1. The van der Waals surface area contributed by atoms with Crippen LogP contribution in [0.15, 0.2) is 41.3 Å². The van der Waals surface area contributed by atoms with Crippen LogP contribution in [-0.2, 0) is 16.1 Å². The van der Waals surface area contributed by atoms with E-state index in [-0.39, 0.29) is 23.9 Å². The van der Waals surface area contributed by atoms with E-state index in [0.717, 1.165) is 25.7 Å². The first-order valence-corrected chi connectivity index (χ1v) is 9.16. The lowest BCUT2D eigenvalue weighted by molar-refractivity contribution is -0.143. The summed E-state index contributed by atoms with van der Waals surface area (Å²) in [5.41, 5.74) is 0.616. The second kappa shape index (κ2) is 8.17. The molecule has 0 aliphatic heterocycles. The minimum atomic E-state index is -0.842. The van der Waals surface area contributed by atoms with E-state index in [1.54, 1.807) is 29.0 Å². The third-order valence-electron chi connectivity index (χ3n) is 5.13. The number of aliphatic carboxylic acids is 1. The zero-order chi connectivity index (χ0) is 18.5. The third kappa shape index (κ3) is 4.12. The first-order chi connectivity index (χ1) is 12.6. The summed E-state index contributed by atoms with van der Waals surface area (Å²) < 4.78 is 1.73. The van der Waals surface area contributed by atoms with Gasteiger partial charge in [-0.25, -0.2) is 0 Å². The van der Waals surface area contributed by atoms with Gasteiger partial charge in [0.05, 0.1) is 11.4 Å². The van der Waals surface area contributed by atoms with Gasteiger partial charge in [0.2, 0.25) is 5.91 Å². The molecule has 0 saturated heterocycles. The van der Waals surface area contributed by atoms with Gasteiger partial charge in [-0.3, -0.25) is 14.4 Å². The van der Waals surface area contributed by atoms with Gasteiger partial charge in [-0.15, -0.1) is 0 Å². The van der Waals surface area contributed by atoms with E-state index in [0.29, 0.717) is 23.7 Å². The molecule has 2 atom stereocenters. The summed E-state index contributed by atoms with van der Waals surface area (Å²) in [5, 5.41) is 13.0. The highest BCUT2D eigenvalue weighted by molar-refractivity contribution is 5.82. The molecule has 1 saturated carbocycles. The predicted octanol–water partition coefficient (Wildman–Crippen LogP) is 2.54. The molecular formula is C20H24N2O4. The molecule has 0 radical (unpaired) electrons. The van der Waals surface area contributed by atoms with Gasteiger partial charge < -0.3 is 15.0 Å². The van der Waals surface area contributed by atoms with Crippen molar-refractivity contribution in [3.8, 4) is 0 Å². The Balaban J connectivity index is 1.76. The van der Waals surface area contributed by atoms with Gasteiger partial charge in [-0.05, 0) is 25.0 Å². The van der Waals surface area contributed by atoms with Gasteiger partial charge in [0.25, 0.3) is 0 Å². The summed E-state index contributed by atoms with van der Waals surface area (Å²) in [4.78, 5) is 36.1. The maximum absolute atomic E-state index is 12.6. The zero-order valence-corrected chi connectivity index (χ0v) is 14.7. The van der Waals surface area contributed by atoms with Crippen LogP contribution >= 0.6 is 0 Å². The standard InChI is InChI=1S/C20H24N2O4/c23-18-11-12-22(17-10-6-5-8-15(17)18)13-19(24)21-16-9-4-2-1-3-7-14(16)20(25)26/h5-6,8,10-12,14,16H,1-4,7,9,13H2,(H,21,24)(H,25,26). The Kier molecular flexibility index (Phi) is 5.71. The van der Waals surface area contributed by atoms with Crippen LogP contribution in [0.5, 0.6) is 0 Å². The Labute approximate surface area is 151 Å². The number of nitrogens with zero attached hydrogens (tertiary/aromatic N) is 1. The number of nitrogens with one attached hydrogen (secondary N) is 1. The molecular weight excluding hydrogens is 332 g/mol. The summed E-state index contributed by atoms with van der Waals surface area (Å²) in [6.45, 7) is 0.0592. The number of para-hydroxylation sites is 1. The van der Waals surface area contributed by atoms with Gasteiger partial charge in [0, 0.05) is 23.7 Å². The van der Waals surface area contributed by atoms with Gasteiger partial charge in [-0.2, -0.15) is 0 Å². The fourth-order valence-corrected chi connectivity index (χ4v) is 3.76. The van der Waals surface area contributed by atoms with Gasteiger partial charge >= 0.3 is 5.97 Å². The third-order valence-corrected chi connectivity index (χ3v) is 5.13. The molecule has 0 bridgehead atoms. The van der Waals surface area contributed by atoms with Crippen molar-refractivity contribution in [1.82, 2.24) is 9.88 Å². The highest BCUT2D eigenvalue weighted by Crippen LogP contribution is 2.23. The van der Waals surface area contributed by atoms with Gasteiger partial charge in [0.15, 0.2) is 5.43 Å². The van der Waals surface area contributed by atoms with Crippen LogP contribution in [0.2, 0.25) is 0 Å². The Hall–Kier alpha value is -2.63. The number of hydrogen-bond acceptors (Lipinski definition) is 3. The second-order valence-corrected chi connectivity index (χ2v) is 6.94. The number of fused-ring (bicyclic) bond motifs is 1. The fourth-order valence-electron chi connectivity index (χ4n) is 3.76. The van der Waals surface area contributed by atoms with Crippen molar-refractivity contribution in [2.45, 2.75) is 51.1 Å². The number of rotatable bonds is 4. The average molecular weight is 356 g/mol. The monoisotopic (exact) mass is 356 g/mol. The number of carbonyl (C=O) groups excluding carboxylic acids is 1. The largest absolute Gasteiger partial charge is 0.481 e. The summed E-state index contributed by atoms with van der Waals surface area (Å²) in [5.74, 6) is -1.60. The molecule has 6 nitrogen and oxygen atoms in total. The van der Waals surface area contributed by atoms with E-state index in [2.05, 4.69) is 5.32 Å². The first-order valence-electron chi connectivity index (χ1n) is 9.16. The molecule has 1 aliphatic carbocycles. The first kappa shape index (κ1) is 18.2. The minimum absolute atomic E-state index is 0.0592. The molecule has 26 heavy (non-hydrogen) atoms. The second-order valence-electron chi connectivity index (χ2n) is 6.94. The smallest absolute Gasteiger partial charge is 0.308 e. The SMILES string of the molecule is O=C(Cn1ccc(=O)c2ccccc21)NC1CCCCCCC1C(=O)O. The van der Waals surface area contributed by atoms with Crippen molar-refractivity contribution in [2.24, 2.45) is 5.92 Å². The lowest BCUT2D eigenvalue weighted by Crippen LogP contribution is -2.45. The molecule has 1 aliphatic rings. The molecule has 2 aromatic rings. The van der Waals surface area contributed by atoms with Crippen LogP contribution in [0.3, 0.4) is 0 Å². The van der Waals surface area contributed by atoms with Crippen LogP contribution < -0.4 is 10.7 Å². The Bertz CT molecular complexity index is 858. The maximum atomic E-state index is 12.6. The number of benzene rings is 1. The fraction of sp³-hybridized carbons (Fsp3) is 0.450. The van der Waals surface area contributed by atoms with E-state index < -0.39 is 11.9 Å². The molecule has 2 unspecified atom stereocenters. The van der Waals surface area contributed by atoms with E-state index in [4.69, 9.17) is 0 Å². The number of carbonyl (C=O) groups is 2. The van der Waals surface area contributed by atoms with Gasteiger partial charge in [0.1, 0.15) is 6.54 Å². The molecule has 1 fully saturated rings. The highest BCUT2D eigenvalue weighted by atomic mass is 16.4. The van der Waals surface area contributed by atoms with Gasteiger partial charge in [-0.1, -0.05) is 37.8 Å². The molecule has 1 aromatic carbocycles. The zero-order valence-electron chi connectivity index (χ0n) is 14.7. The molecule has 1 aromatic heterocycles. The molecule has 1 amide bonds. The highest BCUT2D eigenvalue weighted by Gasteiger charge is 2.29. The normalized spacial score (nSPS) is 20.9. The van der Waals surface area contributed by atoms with Crippen molar-refractivity contribution in [3.05, 3.63) is 46.8 Å². The summed E-state index contributed by atoms with van der Waals surface area (Å²) in [6, 6.07) is 8.27. The van der Waals surface area contributed by atoms with Crippen molar-refractivity contribution in [3.63, 3.8) is 0 Å². The lowest BCUT2D eigenvalue weighted by atomic mass is 9.87. The quantitative estimate of drug-likeness (QED) is 0.881. The number of aromatic nitrogens is 1. The number of carboxylic acid groups (broad SMARTS) is 1. The van der Waals surface area contributed by atoms with Crippen molar-refractivity contribution >= 4 is 22.8 Å². The minimum Gasteiger partial charge on any atom is -0.481 e. The van der Waals surface area contributed by atoms with E-state index >= 15 is 0 Å². The molecule has 0 spiro atoms. The lowest BCUT2D eigenvalue weighted by Gasteiger charge is -2.27. The van der Waals surface area contributed by atoms with Crippen molar-refractivity contribution < 1.29 is 14.7 Å². The molecule has 2 N–H and O–H groups in total. The summed E-state index contributed by atoms with van der Waals surface area (Å²) in [7, 11) is 0. The predicted molar refractivity (Wildman–Crippen MR) is 99.0 cm³/mol. The Morgan fingerprint density at radius 1 is 1.08 bits per heavy atom. The average Bonchev–Trinajstić information content (AvgIpc) is 2.60. The number of carboxylic acids is 1. The van der Waals surface area contributed by atoms with Crippen LogP contribution in [-0.4, -0.2) is 27.6 Å². The van der Waals surface area contributed by atoms with E-state index in [1.165, 1.54) is 6.07 Å². The van der Waals surface area contributed by atoms with Crippen molar-refractivity contribution in [1.29, 1.82) is 0 Å². The molecule has 3 rings (SSSR count).